The molecule has 18 heavy (non-hydrogen) atoms. The summed E-state index contributed by atoms with van der Waals surface area (Å²) in [5.41, 5.74) is 7.24. The van der Waals surface area contributed by atoms with E-state index in [1.165, 1.54) is 12.8 Å². The molecule has 1 aromatic rings. The van der Waals surface area contributed by atoms with Crippen molar-refractivity contribution in [3.05, 3.63) is 28.8 Å². The Morgan fingerprint density at radius 2 is 2.33 bits per heavy atom. The summed E-state index contributed by atoms with van der Waals surface area (Å²) in [5.74, 6) is 0. The van der Waals surface area contributed by atoms with Gasteiger partial charge in [-0.05, 0) is 37.5 Å². The molecule has 5 heteroatoms. The van der Waals surface area contributed by atoms with Gasteiger partial charge in [0.1, 0.15) is 4.99 Å². The standard InChI is InChI=1S/C13H17ClN2OS/c14-12-7-9(4-5-11(12)13(15)18)16-8-10-3-1-2-6-17-10/h4-5,7,10,16H,1-3,6,8H2,(H2,15,18). The molecule has 0 radical (unpaired) electrons. The number of anilines is 1. The number of halogens is 1. The molecule has 1 saturated heterocycles. The van der Waals surface area contributed by atoms with E-state index in [1.54, 1.807) is 0 Å². The number of thiocarbonyl (C=S) groups is 1. The van der Waals surface area contributed by atoms with Crippen molar-refractivity contribution in [2.75, 3.05) is 18.5 Å². The number of benzene rings is 1. The van der Waals surface area contributed by atoms with Crippen LogP contribution in [0.4, 0.5) is 5.69 Å². The van der Waals surface area contributed by atoms with Crippen LogP contribution in [0, 0.1) is 0 Å². The van der Waals surface area contributed by atoms with Gasteiger partial charge < -0.3 is 15.8 Å². The average molecular weight is 285 g/mol. The van der Waals surface area contributed by atoms with Crippen molar-refractivity contribution in [3.8, 4) is 0 Å². The Kier molecular flexibility index (Phi) is 4.80. The fourth-order valence-electron chi connectivity index (χ4n) is 2.02. The van der Waals surface area contributed by atoms with Crippen molar-refractivity contribution in [2.24, 2.45) is 5.73 Å². The summed E-state index contributed by atoms with van der Waals surface area (Å²) >= 11 is 11.0. The highest BCUT2D eigenvalue weighted by Gasteiger charge is 2.13. The number of nitrogens with one attached hydrogen (secondary N) is 1. The molecule has 0 aliphatic carbocycles. The second kappa shape index (κ2) is 6.36. The Bertz CT molecular complexity index is 433. The number of hydrogen-bond acceptors (Lipinski definition) is 3. The van der Waals surface area contributed by atoms with E-state index in [9.17, 15) is 0 Å². The molecule has 3 nitrogen and oxygen atoms in total. The minimum atomic E-state index is 0.299. The zero-order valence-corrected chi connectivity index (χ0v) is 11.7. The maximum absolute atomic E-state index is 6.11. The highest BCUT2D eigenvalue weighted by atomic mass is 35.5. The molecule has 1 aromatic carbocycles. The third-order valence-corrected chi connectivity index (χ3v) is 3.58. The van der Waals surface area contributed by atoms with E-state index in [4.69, 9.17) is 34.3 Å². The van der Waals surface area contributed by atoms with E-state index in [0.717, 1.165) is 25.3 Å². The van der Waals surface area contributed by atoms with E-state index in [0.29, 0.717) is 21.7 Å². The minimum Gasteiger partial charge on any atom is -0.389 e. The molecular weight excluding hydrogens is 268 g/mol. The molecule has 0 saturated carbocycles. The Labute approximate surface area is 118 Å². The number of hydrogen-bond donors (Lipinski definition) is 2. The van der Waals surface area contributed by atoms with Gasteiger partial charge in [0.15, 0.2) is 0 Å². The third-order valence-electron chi connectivity index (χ3n) is 3.04. The van der Waals surface area contributed by atoms with Crippen molar-refractivity contribution in [1.82, 2.24) is 0 Å². The van der Waals surface area contributed by atoms with Crippen molar-refractivity contribution >= 4 is 34.5 Å². The SMILES string of the molecule is NC(=S)c1ccc(NCC2CCCCO2)cc1Cl. The summed E-state index contributed by atoms with van der Waals surface area (Å²) < 4.78 is 5.66. The molecule has 0 bridgehead atoms. The minimum absolute atomic E-state index is 0.299. The molecule has 0 amide bonds. The molecule has 1 atom stereocenters. The summed E-state index contributed by atoms with van der Waals surface area (Å²) in [6, 6.07) is 5.62. The summed E-state index contributed by atoms with van der Waals surface area (Å²) in [5, 5.41) is 3.91. The lowest BCUT2D eigenvalue weighted by atomic mass is 10.1. The maximum atomic E-state index is 6.11. The molecule has 1 heterocycles. The Morgan fingerprint density at radius 1 is 1.50 bits per heavy atom. The second-order valence-electron chi connectivity index (χ2n) is 4.43. The van der Waals surface area contributed by atoms with E-state index in [2.05, 4.69) is 5.32 Å². The van der Waals surface area contributed by atoms with Crippen LogP contribution in [0.5, 0.6) is 0 Å². The predicted octanol–water partition coefficient (Wildman–Crippen LogP) is 2.96. The smallest absolute Gasteiger partial charge is 0.105 e. The average Bonchev–Trinajstić information content (AvgIpc) is 2.37. The Morgan fingerprint density at radius 3 is 2.94 bits per heavy atom. The highest BCUT2D eigenvalue weighted by molar-refractivity contribution is 7.80. The van der Waals surface area contributed by atoms with Crippen molar-refractivity contribution in [1.29, 1.82) is 0 Å². The Hall–Kier alpha value is -0.840. The Balaban J connectivity index is 1.93. The number of nitrogens with two attached hydrogens (primary N) is 1. The van der Waals surface area contributed by atoms with Gasteiger partial charge in [-0.1, -0.05) is 23.8 Å². The molecular formula is C13H17ClN2OS. The van der Waals surface area contributed by atoms with Gasteiger partial charge in [-0.25, -0.2) is 0 Å². The summed E-state index contributed by atoms with van der Waals surface area (Å²) in [6.45, 7) is 1.68. The molecule has 1 aliphatic rings. The van der Waals surface area contributed by atoms with Gasteiger partial charge in [0.2, 0.25) is 0 Å². The first-order chi connectivity index (χ1) is 8.66. The number of rotatable bonds is 4. The molecule has 98 valence electrons. The van der Waals surface area contributed by atoms with Crippen LogP contribution in [0.25, 0.3) is 0 Å². The predicted molar refractivity (Wildman–Crippen MR) is 79.4 cm³/mol. The van der Waals surface area contributed by atoms with Gasteiger partial charge in [0.05, 0.1) is 11.1 Å². The van der Waals surface area contributed by atoms with Gasteiger partial charge in [-0.3, -0.25) is 0 Å². The van der Waals surface area contributed by atoms with Crippen LogP contribution in [0.3, 0.4) is 0 Å². The lowest BCUT2D eigenvalue weighted by Crippen LogP contribution is -2.27. The lowest BCUT2D eigenvalue weighted by Gasteiger charge is -2.23. The van der Waals surface area contributed by atoms with Crippen LogP contribution in [0.1, 0.15) is 24.8 Å². The molecule has 2 rings (SSSR count). The second-order valence-corrected chi connectivity index (χ2v) is 5.28. The summed E-state index contributed by atoms with van der Waals surface area (Å²) in [6.07, 6.45) is 3.83. The lowest BCUT2D eigenvalue weighted by molar-refractivity contribution is 0.0247. The molecule has 1 unspecified atom stereocenters. The first-order valence-electron chi connectivity index (χ1n) is 6.11. The van der Waals surface area contributed by atoms with Crippen molar-refractivity contribution in [2.45, 2.75) is 25.4 Å². The van der Waals surface area contributed by atoms with Crippen molar-refractivity contribution in [3.63, 3.8) is 0 Å². The summed E-state index contributed by atoms with van der Waals surface area (Å²) in [4.78, 5) is 0.321. The third kappa shape index (κ3) is 3.57. The molecule has 0 aromatic heterocycles. The fourth-order valence-corrected chi connectivity index (χ4v) is 2.54. The van der Waals surface area contributed by atoms with E-state index in [-0.39, 0.29) is 0 Å². The van der Waals surface area contributed by atoms with E-state index < -0.39 is 0 Å². The van der Waals surface area contributed by atoms with Gasteiger partial charge in [-0.15, -0.1) is 0 Å². The molecule has 1 aliphatic heterocycles. The van der Waals surface area contributed by atoms with Crippen LogP contribution in [0.15, 0.2) is 18.2 Å². The fraction of sp³-hybridized carbons (Fsp3) is 0.462. The van der Waals surface area contributed by atoms with Crippen LogP contribution < -0.4 is 11.1 Å². The molecule has 1 fully saturated rings. The van der Waals surface area contributed by atoms with E-state index >= 15 is 0 Å². The zero-order valence-electron chi connectivity index (χ0n) is 10.1. The van der Waals surface area contributed by atoms with Crippen LogP contribution >= 0.6 is 23.8 Å². The number of ether oxygens (including phenoxy) is 1. The largest absolute Gasteiger partial charge is 0.389 e. The normalized spacial score (nSPS) is 19.5. The topological polar surface area (TPSA) is 47.3 Å². The first kappa shape index (κ1) is 13.6. The first-order valence-corrected chi connectivity index (χ1v) is 6.90. The maximum Gasteiger partial charge on any atom is 0.105 e. The zero-order chi connectivity index (χ0) is 13.0. The van der Waals surface area contributed by atoms with Crippen LogP contribution in [-0.2, 0) is 4.74 Å². The van der Waals surface area contributed by atoms with Gasteiger partial charge in [-0.2, -0.15) is 0 Å². The van der Waals surface area contributed by atoms with E-state index in [1.807, 2.05) is 18.2 Å². The van der Waals surface area contributed by atoms with Crippen LogP contribution in [-0.4, -0.2) is 24.2 Å². The summed E-state index contributed by atoms with van der Waals surface area (Å²) in [7, 11) is 0. The molecule has 3 N–H and O–H groups in total. The van der Waals surface area contributed by atoms with Crippen LogP contribution in [0.2, 0.25) is 5.02 Å². The van der Waals surface area contributed by atoms with Gasteiger partial charge >= 0.3 is 0 Å². The van der Waals surface area contributed by atoms with Gasteiger partial charge in [0, 0.05) is 24.4 Å². The highest BCUT2D eigenvalue weighted by Crippen LogP contribution is 2.21. The van der Waals surface area contributed by atoms with Crippen molar-refractivity contribution < 1.29 is 4.74 Å². The quantitative estimate of drug-likeness (QED) is 0.835. The molecule has 0 spiro atoms. The monoisotopic (exact) mass is 284 g/mol. The van der Waals surface area contributed by atoms with Gasteiger partial charge in [0.25, 0.3) is 0 Å².